The molecule has 0 spiro atoms. The summed E-state index contributed by atoms with van der Waals surface area (Å²) in [6, 6.07) is 0. The average molecular weight is 184 g/mol. The summed E-state index contributed by atoms with van der Waals surface area (Å²) >= 11 is 0. The first kappa shape index (κ1) is 11.0. The van der Waals surface area contributed by atoms with Crippen molar-refractivity contribution in [2.24, 2.45) is 17.8 Å². The van der Waals surface area contributed by atoms with E-state index in [9.17, 15) is 5.11 Å². The Balaban J connectivity index is 2.22. The van der Waals surface area contributed by atoms with Crippen LogP contribution in [0.5, 0.6) is 0 Å². The Kier molecular flexibility index (Phi) is 4.24. The summed E-state index contributed by atoms with van der Waals surface area (Å²) in [4.78, 5) is 0. The highest BCUT2D eigenvalue weighted by atomic mass is 16.3. The molecule has 1 aliphatic carbocycles. The summed E-state index contributed by atoms with van der Waals surface area (Å²) in [6.45, 7) is 6.55. The summed E-state index contributed by atoms with van der Waals surface area (Å²) in [6.07, 6.45) is 6.47. The fraction of sp³-hybridized carbons (Fsp3) is 1.00. The first-order valence-electron chi connectivity index (χ1n) is 5.77. The van der Waals surface area contributed by atoms with E-state index in [-0.39, 0.29) is 6.10 Å². The molecule has 1 aliphatic rings. The van der Waals surface area contributed by atoms with Gasteiger partial charge in [-0.05, 0) is 43.9 Å². The fourth-order valence-corrected chi connectivity index (χ4v) is 2.57. The molecule has 0 saturated heterocycles. The number of hydrogen-bond donors (Lipinski definition) is 1. The molecule has 1 atom stereocenters. The zero-order valence-corrected chi connectivity index (χ0v) is 9.29. The van der Waals surface area contributed by atoms with E-state index in [4.69, 9.17) is 0 Å². The molecule has 0 amide bonds. The molecule has 13 heavy (non-hydrogen) atoms. The second-order valence-electron chi connectivity index (χ2n) is 5.15. The third-order valence-electron chi connectivity index (χ3n) is 3.38. The molecule has 0 heterocycles. The summed E-state index contributed by atoms with van der Waals surface area (Å²) in [5, 5.41) is 9.45. The Labute approximate surface area is 82.5 Å². The van der Waals surface area contributed by atoms with E-state index in [1.807, 2.05) is 6.92 Å². The monoisotopic (exact) mass is 184 g/mol. The summed E-state index contributed by atoms with van der Waals surface area (Å²) in [5.41, 5.74) is 0. The van der Waals surface area contributed by atoms with Crippen LogP contribution >= 0.6 is 0 Å². The van der Waals surface area contributed by atoms with Crippen molar-refractivity contribution in [3.8, 4) is 0 Å². The molecule has 0 aromatic rings. The lowest BCUT2D eigenvalue weighted by Crippen LogP contribution is -2.23. The zero-order chi connectivity index (χ0) is 9.84. The first-order valence-corrected chi connectivity index (χ1v) is 5.77. The van der Waals surface area contributed by atoms with Crippen LogP contribution in [-0.2, 0) is 0 Å². The van der Waals surface area contributed by atoms with Crippen LogP contribution in [0.1, 0.15) is 52.9 Å². The molecule has 0 aromatic heterocycles. The highest BCUT2D eigenvalue weighted by Crippen LogP contribution is 2.33. The van der Waals surface area contributed by atoms with Gasteiger partial charge in [0.05, 0.1) is 6.10 Å². The maximum absolute atomic E-state index is 9.45. The maximum Gasteiger partial charge on any atom is 0.0540 e. The number of aliphatic hydroxyl groups is 1. The lowest BCUT2D eigenvalue weighted by molar-refractivity contribution is 0.0853. The highest BCUT2D eigenvalue weighted by Gasteiger charge is 2.24. The molecule has 1 unspecified atom stereocenters. The number of hydrogen-bond acceptors (Lipinski definition) is 1. The largest absolute Gasteiger partial charge is 0.393 e. The van der Waals surface area contributed by atoms with Gasteiger partial charge in [0.15, 0.2) is 0 Å². The molecule has 0 radical (unpaired) electrons. The van der Waals surface area contributed by atoms with Crippen LogP contribution in [0.4, 0.5) is 0 Å². The Morgan fingerprint density at radius 3 is 2.00 bits per heavy atom. The highest BCUT2D eigenvalue weighted by molar-refractivity contribution is 4.75. The third-order valence-corrected chi connectivity index (χ3v) is 3.38. The van der Waals surface area contributed by atoms with Crippen LogP contribution in [0.2, 0.25) is 0 Å². The molecule has 0 aromatic carbocycles. The third kappa shape index (κ3) is 3.68. The van der Waals surface area contributed by atoms with Gasteiger partial charge >= 0.3 is 0 Å². The molecular weight excluding hydrogens is 160 g/mol. The maximum atomic E-state index is 9.45. The van der Waals surface area contributed by atoms with Crippen molar-refractivity contribution < 1.29 is 5.11 Å². The molecule has 1 nitrogen and oxygen atoms in total. The average Bonchev–Trinajstić information content (AvgIpc) is 2.04. The molecule has 0 bridgehead atoms. The van der Waals surface area contributed by atoms with Crippen LogP contribution in [0.3, 0.4) is 0 Å². The minimum absolute atomic E-state index is 0.0833. The quantitative estimate of drug-likeness (QED) is 0.714. The van der Waals surface area contributed by atoms with E-state index in [0.29, 0.717) is 5.92 Å². The number of aliphatic hydroxyl groups excluding tert-OH is 1. The molecule has 1 rings (SSSR count). The Hall–Kier alpha value is -0.0400. The summed E-state index contributed by atoms with van der Waals surface area (Å²) in [7, 11) is 0. The molecular formula is C12H24O. The summed E-state index contributed by atoms with van der Waals surface area (Å²) in [5.74, 6) is 2.37. The molecule has 0 aliphatic heterocycles. The molecule has 1 heteroatoms. The predicted molar refractivity (Wildman–Crippen MR) is 56.6 cm³/mol. The van der Waals surface area contributed by atoms with Crippen molar-refractivity contribution in [3.05, 3.63) is 0 Å². The van der Waals surface area contributed by atoms with Crippen molar-refractivity contribution in [2.75, 3.05) is 0 Å². The van der Waals surface area contributed by atoms with Gasteiger partial charge in [0.2, 0.25) is 0 Å². The fourth-order valence-electron chi connectivity index (χ4n) is 2.57. The van der Waals surface area contributed by atoms with Crippen LogP contribution < -0.4 is 0 Å². The minimum Gasteiger partial charge on any atom is -0.393 e. The second-order valence-corrected chi connectivity index (χ2v) is 5.15. The van der Waals surface area contributed by atoms with Crippen molar-refractivity contribution >= 4 is 0 Å². The normalized spacial score (nSPS) is 32.1. The van der Waals surface area contributed by atoms with E-state index in [1.165, 1.54) is 32.1 Å². The van der Waals surface area contributed by atoms with Crippen LogP contribution in [0.15, 0.2) is 0 Å². The first-order chi connectivity index (χ1) is 6.09. The molecule has 1 N–H and O–H groups in total. The van der Waals surface area contributed by atoms with E-state index in [2.05, 4.69) is 13.8 Å². The van der Waals surface area contributed by atoms with Gasteiger partial charge in [-0.1, -0.05) is 26.7 Å². The van der Waals surface area contributed by atoms with Gasteiger partial charge < -0.3 is 5.11 Å². The van der Waals surface area contributed by atoms with Gasteiger partial charge in [-0.25, -0.2) is 0 Å². The molecule has 1 saturated carbocycles. The van der Waals surface area contributed by atoms with Crippen molar-refractivity contribution in [1.82, 2.24) is 0 Å². The van der Waals surface area contributed by atoms with Crippen molar-refractivity contribution in [3.63, 3.8) is 0 Å². The standard InChI is InChI=1S/C12H24O/c1-9(2)8-11-4-6-12(7-5-11)10(3)13/h9-13H,4-8H2,1-3H3. The van der Waals surface area contributed by atoms with Crippen molar-refractivity contribution in [2.45, 2.75) is 59.0 Å². The molecule has 78 valence electrons. The van der Waals surface area contributed by atoms with Gasteiger partial charge in [0.1, 0.15) is 0 Å². The second kappa shape index (κ2) is 4.99. The minimum atomic E-state index is -0.0833. The van der Waals surface area contributed by atoms with E-state index in [1.54, 1.807) is 0 Å². The summed E-state index contributed by atoms with van der Waals surface area (Å²) < 4.78 is 0. The van der Waals surface area contributed by atoms with Gasteiger partial charge in [0, 0.05) is 0 Å². The Bertz CT molecular complexity index is 132. The Morgan fingerprint density at radius 2 is 1.62 bits per heavy atom. The van der Waals surface area contributed by atoms with E-state index in [0.717, 1.165) is 11.8 Å². The van der Waals surface area contributed by atoms with Crippen LogP contribution in [-0.4, -0.2) is 11.2 Å². The SMILES string of the molecule is CC(C)CC1CCC(C(C)O)CC1. The van der Waals surface area contributed by atoms with Gasteiger partial charge in [-0.2, -0.15) is 0 Å². The lowest BCUT2D eigenvalue weighted by Gasteiger charge is -2.30. The van der Waals surface area contributed by atoms with Crippen LogP contribution in [0.25, 0.3) is 0 Å². The van der Waals surface area contributed by atoms with Gasteiger partial charge in [0.25, 0.3) is 0 Å². The van der Waals surface area contributed by atoms with Crippen molar-refractivity contribution in [1.29, 1.82) is 0 Å². The van der Waals surface area contributed by atoms with E-state index >= 15 is 0 Å². The topological polar surface area (TPSA) is 20.2 Å². The zero-order valence-electron chi connectivity index (χ0n) is 9.29. The lowest BCUT2D eigenvalue weighted by atomic mass is 9.77. The smallest absolute Gasteiger partial charge is 0.0540 e. The Morgan fingerprint density at radius 1 is 1.08 bits per heavy atom. The number of rotatable bonds is 3. The van der Waals surface area contributed by atoms with Crippen LogP contribution in [0, 0.1) is 17.8 Å². The van der Waals surface area contributed by atoms with Gasteiger partial charge in [-0.3, -0.25) is 0 Å². The van der Waals surface area contributed by atoms with Gasteiger partial charge in [-0.15, -0.1) is 0 Å². The van der Waals surface area contributed by atoms with E-state index < -0.39 is 0 Å². The molecule has 1 fully saturated rings. The predicted octanol–water partition coefficient (Wildman–Crippen LogP) is 3.22.